The second kappa shape index (κ2) is 8.25. The van der Waals surface area contributed by atoms with Crippen molar-refractivity contribution in [1.29, 1.82) is 0 Å². The fourth-order valence-electron chi connectivity index (χ4n) is 2.96. The van der Waals surface area contributed by atoms with Crippen molar-refractivity contribution in [1.82, 2.24) is 9.21 Å². The SMILES string of the molecule is CC(C)N(C)S(=O)(=O)c1cccc(C(=O)N2CCC(N)C(C)(C)C2)c1.Cl. The maximum Gasteiger partial charge on any atom is 0.253 e. The standard InChI is InChI=1S/C18H29N3O3S.ClH/c1-13(2)20(5)25(23,24)15-8-6-7-14(11-15)17(22)21-10-9-16(19)18(3,4)12-21;/h6-8,11,13,16H,9-10,12,19H2,1-5H3;1H. The number of nitrogens with zero attached hydrogens (tertiary/aromatic N) is 2. The van der Waals surface area contributed by atoms with Crippen LogP contribution in [0.2, 0.25) is 0 Å². The molecule has 6 nitrogen and oxygen atoms in total. The van der Waals surface area contributed by atoms with E-state index in [9.17, 15) is 13.2 Å². The van der Waals surface area contributed by atoms with Crippen LogP contribution in [0, 0.1) is 5.41 Å². The van der Waals surface area contributed by atoms with Gasteiger partial charge >= 0.3 is 0 Å². The van der Waals surface area contributed by atoms with Crippen LogP contribution in [0.5, 0.6) is 0 Å². The van der Waals surface area contributed by atoms with Gasteiger partial charge in [-0.1, -0.05) is 19.9 Å². The highest BCUT2D eigenvalue weighted by atomic mass is 35.5. The van der Waals surface area contributed by atoms with Crippen molar-refractivity contribution in [3.05, 3.63) is 29.8 Å². The Morgan fingerprint density at radius 3 is 2.50 bits per heavy atom. The smallest absolute Gasteiger partial charge is 0.253 e. The molecule has 148 valence electrons. The third-order valence-electron chi connectivity index (χ3n) is 5.08. The highest BCUT2D eigenvalue weighted by molar-refractivity contribution is 7.89. The summed E-state index contributed by atoms with van der Waals surface area (Å²) in [6.45, 7) is 8.88. The Hall–Kier alpha value is -1.15. The Morgan fingerprint density at radius 2 is 1.96 bits per heavy atom. The zero-order valence-electron chi connectivity index (χ0n) is 16.1. The first kappa shape index (κ1) is 22.9. The Labute approximate surface area is 163 Å². The van der Waals surface area contributed by atoms with Crippen molar-refractivity contribution in [3.63, 3.8) is 0 Å². The Kier molecular flexibility index (Phi) is 7.26. The molecule has 1 amide bonds. The molecule has 0 aromatic heterocycles. The van der Waals surface area contributed by atoms with Crippen LogP contribution in [-0.4, -0.2) is 55.8 Å². The average molecular weight is 404 g/mol. The van der Waals surface area contributed by atoms with Gasteiger partial charge in [-0.2, -0.15) is 4.31 Å². The summed E-state index contributed by atoms with van der Waals surface area (Å²) in [4.78, 5) is 14.8. The molecular weight excluding hydrogens is 374 g/mol. The summed E-state index contributed by atoms with van der Waals surface area (Å²) in [5.41, 5.74) is 6.37. The molecule has 1 heterocycles. The van der Waals surface area contributed by atoms with Gasteiger partial charge in [0.25, 0.3) is 5.91 Å². The second-order valence-electron chi connectivity index (χ2n) is 7.75. The molecule has 1 fully saturated rings. The third kappa shape index (κ3) is 4.57. The van der Waals surface area contributed by atoms with Crippen molar-refractivity contribution in [3.8, 4) is 0 Å². The van der Waals surface area contributed by atoms with Crippen LogP contribution in [0.4, 0.5) is 0 Å². The topological polar surface area (TPSA) is 83.7 Å². The summed E-state index contributed by atoms with van der Waals surface area (Å²) < 4.78 is 26.6. The molecule has 0 radical (unpaired) electrons. The quantitative estimate of drug-likeness (QED) is 0.836. The van der Waals surface area contributed by atoms with Gasteiger partial charge in [0.15, 0.2) is 0 Å². The molecule has 0 bridgehead atoms. The average Bonchev–Trinajstić information content (AvgIpc) is 2.55. The first-order chi connectivity index (χ1) is 11.5. The van der Waals surface area contributed by atoms with E-state index in [-0.39, 0.29) is 40.7 Å². The van der Waals surface area contributed by atoms with Gasteiger partial charge < -0.3 is 10.6 Å². The summed E-state index contributed by atoms with van der Waals surface area (Å²) in [5.74, 6) is -0.149. The van der Waals surface area contributed by atoms with Crippen LogP contribution in [0.15, 0.2) is 29.2 Å². The largest absolute Gasteiger partial charge is 0.338 e. The van der Waals surface area contributed by atoms with E-state index in [2.05, 4.69) is 13.8 Å². The van der Waals surface area contributed by atoms with Crippen LogP contribution in [0.3, 0.4) is 0 Å². The molecule has 0 spiro atoms. The number of halogens is 1. The number of likely N-dealkylation sites (tertiary alicyclic amines) is 1. The number of amides is 1. The molecule has 1 unspecified atom stereocenters. The first-order valence-electron chi connectivity index (χ1n) is 8.60. The fraction of sp³-hybridized carbons (Fsp3) is 0.611. The minimum Gasteiger partial charge on any atom is -0.338 e. The number of benzene rings is 1. The lowest BCUT2D eigenvalue weighted by atomic mass is 9.79. The zero-order valence-corrected chi connectivity index (χ0v) is 17.7. The summed E-state index contributed by atoms with van der Waals surface area (Å²) in [5, 5.41) is 0. The number of rotatable bonds is 4. The van der Waals surface area contributed by atoms with E-state index in [0.29, 0.717) is 18.7 Å². The molecular formula is C18H30ClN3O3S. The zero-order chi connectivity index (χ0) is 19.0. The van der Waals surface area contributed by atoms with Gasteiger partial charge in [-0.3, -0.25) is 4.79 Å². The predicted octanol–water partition coefficient (Wildman–Crippen LogP) is 2.34. The molecule has 1 atom stereocenters. The molecule has 8 heteroatoms. The Balaban J connectivity index is 0.00000338. The molecule has 2 rings (SSSR count). The molecule has 1 aliphatic rings. The molecule has 26 heavy (non-hydrogen) atoms. The number of carbonyl (C=O) groups excluding carboxylic acids is 1. The van der Waals surface area contributed by atoms with Crippen LogP contribution in [-0.2, 0) is 10.0 Å². The number of sulfonamides is 1. The maximum absolute atomic E-state index is 12.9. The van der Waals surface area contributed by atoms with Gasteiger partial charge in [-0.15, -0.1) is 12.4 Å². The summed E-state index contributed by atoms with van der Waals surface area (Å²) in [7, 11) is -2.07. The first-order valence-corrected chi connectivity index (χ1v) is 10.0. The van der Waals surface area contributed by atoms with E-state index in [0.717, 1.165) is 6.42 Å². The van der Waals surface area contributed by atoms with Crippen LogP contribution in [0.1, 0.15) is 44.5 Å². The number of nitrogens with two attached hydrogens (primary N) is 1. The van der Waals surface area contributed by atoms with E-state index in [1.54, 1.807) is 24.1 Å². The highest BCUT2D eigenvalue weighted by Crippen LogP contribution is 2.29. The highest BCUT2D eigenvalue weighted by Gasteiger charge is 2.35. The molecule has 2 N–H and O–H groups in total. The van der Waals surface area contributed by atoms with Crippen molar-refractivity contribution in [2.75, 3.05) is 20.1 Å². The molecule has 1 aromatic rings. The van der Waals surface area contributed by atoms with E-state index in [1.807, 2.05) is 13.8 Å². The minimum atomic E-state index is -3.61. The maximum atomic E-state index is 12.9. The Bertz CT molecular complexity index is 750. The van der Waals surface area contributed by atoms with Crippen molar-refractivity contribution in [2.24, 2.45) is 11.1 Å². The normalized spacial score (nSPS) is 20.2. The van der Waals surface area contributed by atoms with E-state index < -0.39 is 10.0 Å². The second-order valence-corrected chi connectivity index (χ2v) is 9.75. The van der Waals surface area contributed by atoms with E-state index in [1.165, 1.54) is 16.4 Å². The summed E-state index contributed by atoms with van der Waals surface area (Å²) in [6.07, 6.45) is 0.743. The lowest BCUT2D eigenvalue weighted by molar-refractivity contribution is 0.0533. The van der Waals surface area contributed by atoms with Crippen molar-refractivity contribution >= 4 is 28.3 Å². The van der Waals surface area contributed by atoms with Gasteiger partial charge in [-0.05, 0) is 43.9 Å². The van der Waals surface area contributed by atoms with Crippen molar-refractivity contribution < 1.29 is 13.2 Å². The summed E-state index contributed by atoms with van der Waals surface area (Å²) in [6, 6.07) is 6.18. The number of hydrogen-bond donors (Lipinski definition) is 1. The van der Waals surface area contributed by atoms with Crippen molar-refractivity contribution in [2.45, 2.75) is 51.1 Å². The molecule has 1 aromatic carbocycles. The van der Waals surface area contributed by atoms with Crippen LogP contribution >= 0.6 is 12.4 Å². The number of carbonyl (C=O) groups is 1. The predicted molar refractivity (Wildman–Crippen MR) is 106 cm³/mol. The van der Waals surface area contributed by atoms with E-state index in [4.69, 9.17) is 5.73 Å². The monoisotopic (exact) mass is 403 g/mol. The van der Waals surface area contributed by atoms with E-state index >= 15 is 0 Å². The minimum absolute atomic E-state index is 0. The number of piperidine rings is 1. The summed E-state index contributed by atoms with van der Waals surface area (Å²) >= 11 is 0. The third-order valence-corrected chi connectivity index (χ3v) is 7.11. The molecule has 1 aliphatic heterocycles. The van der Waals surface area contributed by atoms with Crippen LogP contribution in [0.25, 0.3) is 0 Å². The van der Waals surface area contributed by atoms with Gasteiger partial charge in [-0.25, -0.2) is 8.42 Å². The molecule has 0 aliphatic carbocycles. The van der Waals surface area contributed by atoms with Gasteiger partial charge in [0.05, 0.1) is 4.90 Å². The number of hydrogen-bond acceptors (Lipinski definition) is 4. The van der Waals surface area contributed by atoms with Crippen LogP contribution < -0.4 is 5.73 Å². The lowest BCUT2D eigenvalue weighted by Crippen LogP contribution is -2.54. The van der Waals surface area contributed by atoms with Gasteiger partial charge in [0.2, 0.25) is 10.0 Å². The Morgan fingerprint density at radius 1 is 1.35 bits per heavy atom. The van der Waals surface area contributed by atoms with Gasteiger partial charge in [0, 0.05) is 37.8 Å². The lowest BCUT2D eigenvalue weighted by Gasteiger charge is -2.42. The molecule has 0 saturated carbocycles. The fourth-order valence-corrected chi connectivity index (χ4v) is 4.38. The van der Waals surface area contributed by atoms with Gasteiger partial charge in [0.1, 0.15) is 0 Å². The molecule has 1 saturated heterocycles.